The monoisotopic (exact) mass is 383 g/mol. The molecule has 0 saturated heterocycles. The normalized spacial score (nSPS) is 13.0. The van der Waals surface area contributed by atoms with E-state index in [1.54, 1.807) is 16.9 Å². The van der Waals surface area contributed by atoms with Crippen molar-refractivity contribution in [1.29, 1.82) is 0 Å². The van der Waals surface area contributed by atoms with Gasteiger partial charge in [-0.3, -0.25) is 4.79 Å². The average molecular weight is 384 g/mol. The van der Waals surface area contributed by atoms with E-state index in [1.807, 2.05) is 48.2 Å². The first-order valence-corrected chi connectivity index (χ1v) is 8.93. The number of rotatable bonds is 4. The SMILES string of the molecule is Cc1cc(NC(=O)CN2CCOc3ccc(Cl)cc32)n(-c2ccccn2)n1. The van der Waals surface area contributed by atoms with Crippen molar-refractivity contribution in [3.05, 3.63) is 59.4 Å². The number of aromatic nitrogens is 3. The van der Waals surface area contributed by atoms with Crippen LogP contribution in [-0.2, 0) is 4.79 Å². The lowest BCUT2D eigenvalue weighted by atomic mass is 10.2. The van der Waals surface area contributed by atoms with Gasteiger partial charge in [-0.25, -0.2) is 4.98 Å². The lowest BCUT2D eigenvalue weighted by Crippen LogP contribution is -2.39. The molecule has 4 rings (SSSR count). The Morgan fingerprint density at radius 3 is 3.00 bits per heavy atom. The summed E-state index contributed by atoms with van der Waals surface area (Å²) in [6, 6.07) is 12.8. The molecule has 0 atom stereocenters. The van der Waals surface area contributed by atoms with Gasteiger partial charge in [-0.05, 0) is 37.3 Å². The lowest BCUT2D eigenvalue weighted by Gasteiger charge is -2.30. The molecule has 2 aromatic heterocycles. The summed E-state index contributed by atoms with van der Waals surface area (Å²) in [5.74, 6) is 1.80. The van der Waals surface area contributed by atoms with Gasteiger partial charge in [-0.1, -0.05) is 17.7 Å². The van der Waals surface area contributed by atoms with Crippen LogP contribution in [0.2, 0.25) is 5.02 Å². The highest BCUT2D eigenvalue weighted by Crippen LogP contribution is 2.33. The van der Waals surface area contributed by atoms with Gasteiger partial charge >= 0.3 is 0 Å². The number of fused-ring (bicyclic) bond motifs is 1. The van der Waals surface area contributed by atoms with Crippen LogP contribution in [0.25, 0.3) is 5.82 Å². The Hall–Kier alpha value is -3.06. The van der Waals surface area contributed by atoms with Crippen LogP contribution in [0.15, 0.2) is 48.7 Å². The number of hydrogen-bond donors (Lipinski definition) is 1. The molecule has 1 aliphatic rings. The second kappa shape index (κ2) is 7.28. The first-order valence-electron chi connectivity index (χ1n) is 8.55. The Labute approximate surface area is 161 Å². The standard InChI is InChI=1S/C19H18ClN5O2/c1-13-10-18(25(23-13)17-4-2-3-7-21-17)22-19(26)12-24-8-9-27-16-6-5-14(20)11-15(16)24/h2-7,10-11H,8-9,12H2,1H3,(H,22,26). The topological polar surface area (TPSA) is 72.3 Å². The first kappa shape index (κ1) is 17.4. The van der Waals surface area contributed by atoms with Crippen molar-refractivity contribution in [3.63, 3.8) is 0 Å². The Kier molecular flexibility index (Phi) is 4.68. The third kappa shape index (κ3) is 3.73. The van der Waals surface area contributed by atoms with Crippen LogP contribution >= 0.6 is 11.6 Å². The maximum Gasteiger partial charge on any atom is 0.245 e. The van der Waals surface area contributed by atoms with Crippen molar-refractivity contribution in [1.82, 2.24) is 14.8 Å². The van der Waals surface area contributed by atoms with Crippen molar-refractivity contribution in [2.45, 2.75) is 6.92 Å². The minimum absolute atomic E-state index is 0.153. The highest BCUT2D eigenvalue weighted by molar-refractivity contribution is 6.31. The molecule has 27 heavy (non-hydrogen) atoms. The number of pyridine rings is 1. The minimum atomic E-state index is -0.153. The molecule has 0 unspecified atom stereocenters. The van der Waals surface area contributed by atoms with Crippen LogP contribution < -0.4 is 15.0 Å². The van der Waals surface area contributed by atoms with Crippen molar-refractivity contribution in [2.75, 3.05) is 29.9 Å². The zero-order valence-electron chi connectivity index (χ0n) is 14.7. The molecule has 8 heteroatoms. The van der Waals surface area contributed by atoms with Crippen LogP contribution in [0.1, 0.15) is 5.69 Å². The van der Waals surface area contributed by atoms with E-state index in [2.05, 4.69) is 15.4 Å². The number of aryl methyl sites for hydroxylation is 1. The summed E-state index contributed by atoms with van der Waals surface area (Å²) >= 11 is 6.10. The Bertz CT molecular complexity index is 973. The molecule has 138 valence electrons. The molecule has 0 bridgehead atoms. The molecule has 1 amide bonds. The molecular weight excluding hydrogens is 366 g/mol. The maximum absolute atomic E-state index is 12.7. The summed E-state index contributed by atoms with van der Waals surface area (Å²) in [5.41, 5.74) is 1.61. The number of benzene rings is 1. The predicted molar refractivity (Wildman–Crippen MR) is 104 cm³/mol. The molecule has 0 aliphatic carbocycles. The van der Waals surface area contributed by atoms with E-state index in [0.29, 0.717) is 29.8 Å². The molecule has 7 nitrogen and oxygen atoms in total. The molecule has 3 aromatic rings. The quantitative estimate of drug-likeness (QED) is 0.749. The summed E-state index contributed by atoms with van der Waals surface area (Å²) in [5, 5.41) is 7.95. The zero-order chi connectivity index (χ0) is 18.8. The maximum atomic E-state index is 12.7. The largest absolute Gasteiger partial charge is 0.490 e. The van der Waals surface area contributed by atoms with Gasteiger partial charge in [0.1, 0.15) is 18.2 Å². The third-order valence-electron chi connectivity index (χ3n) is 4.18. The Morgan fingerprint density at radius 2 is 2.19 bits per heavy atom. The fourth-order valence-corrected chi connectivity index (χ4v) is 3.17. The number of carbonyl (C=O) groups is 1. The molecule has 1 aliphatic heterocycles. The highest BCUT2D eigenvalue weighted by Gasteiger charge is 2.21. The Morgan fingerprint density at radius 1 is 1.30 bits per heavy atom. The van der Waals surface area contributed by atoms with Crippen LogP contribution in [0.5, 0.6) is 5.75 Å². The summed E-state index contributed by atoms with van der Waals surface area (Å²) in [4.78, 5) is 18.9. The van der Waals surface area contributed by atoms with Gasteiger partial charge in [0, 0.05) is 17.3 Å². The first-order chi connectivity index (χ1) is 13.1. The van der Waals surface area contributed by atoms with E-state index in [9.17, 15) is 4.79 Å². The van der Waals surface area contributed by atoms with E-state index in [-0.39, 0.29) is 12.5 Å². The van der Waals surface area contributed by atoms with E-state index < -0.39 is 0 Å². The number of ether oxygens (including phenoxy) is 1. The van der Waals surface area contributed by atoms with Crippen molar-refractivity contribution < 1.29 is 9.53 Å². The van der Waals surface area contributed by atoms with Crippen molar-refractivity contribution in [3.8, 4) is 11.6 Å². The molecular formula is C19H18ClN5O2. The number of nitrogens with one attached hydrogen (secondary N) is 1. The molecule has 0 fully saturated rings. The number of amides is 1. The summed E-state index contributed by atoms with van der Waals surface area (Å²) in [7, 11) is 0. The fraction of sp³-hybridized carbons (Fsp3) is 0.211. The third-order valence-corrected chi connectivity index (χ3v) is 4.42. The molecule has 3 heterocycles. The molecule has 1 aromatic carbocycles. The van der Waals surface area contributed by atoms with Gasteiger partial charge in [0.05, 0.1) is 24.5 Å². The zero-order valence-corrected chi connectivity index (χ0v) is 15.5. The smallest absolute Gasteiger partial charge is 0.245 e. The molecule has 0 radical (unpaired) electrons. The van der Waals surface area contributed by atoms with Gasteiger partial charge < -0.3 is 15.0 Å². The summed E-state index contributed by atoms with van der Waals surface area (Å²) in [6.45, 7) is 3.19. The Balaban J connectivity index is 1.53. The highest BCUT2D eigenvalue weighted by atomic mass is 35.5. The van der Waals surface area contributed by atoms with Gasteiger partial charge in [-0.15, -0.1) is 0 Å². The summed E-state index contributed by atoms with van der Waals surface area (Å²) in [6.07, 6.45) is 1.69. The van der Waals surface area contributed by atoms with E-state index >= 15 is 0 Å². The molecule has 1 N–H and O–H groups in total. The number of nitrogens with zero attached hydrogens (tertiary/aromatic N) is 4. The van der Waals surface area contributed by atoms with Gasteiger partial charge in [0.25, 0.3) is 0 Å². The van der Waals surface area contributed by atoms with E-state index in [4.69, 9.17) is 16.3 Å². The lowest BCUT2D eigenvalue weighted by molar-refractivity contribution is -0.115. The van der Waals surface area contributed by atoms with Gasteiger partial charge in [-0.2, -0.15) is 9.78 Å². The number of carbonyl (C=O) groups excluding carboxylic acids is 1. The second-order valence-electron chi connectivity index (χ2n) is 6.20. The van der Waals surface area contributed by atoms with Gasteiger partial charge in [0.15, 0.2) is 5.82 Å². The van der Waals surface area contributed by atoms with Crippen LogP contribution in [0.3, 0.4) is 0 Å². The van der Waals surface area contributed by atoms with E-state index in [0.717, 1.165) is 17.1 Å². The molecule has 0 saturated carbocycles. The average Bonchev–Trinajstić information content (AvgIpc) is 3.03. The van der Waals surface area contributed by atoms with Crippen LogP contribution in [-0.4, -0.2) is 40.4 Å². The van der Waals surface area contributed by atoms with E-state index in [1.165, 1.54) is 0 Å². The molecule has 0 spiro atoms. The van der Waals surface area contributed by atoms with Crippen LogP contribution in [0.4, 0.5) is 11.5 Å². The minimum Gasteiger partial charge on any atom is -0.490 e. The van der Waals surface area contributed by atoms with Crippen molar-refractivity contribution in [2.24, 2.45) is 0 Å². The van der Waals surface area contributed by atoms with Crippen LogP contribution in [0, 0.1) is 6.92 Å². The van der Waals surface area contributed by atoms with Gasteiger partial charge in [0.2, 0.25) is 5.91 Å². The number of anilines is 2. The number of halogens is 1. The predicted octanol–water partition coefficient (Wildman–Crippen LogP) is 3.07. The fourth-order valence-electron chi connectivity index (χ4n) is 3.01. The number of hydrogen-bond acceptors (Lipinski definition) is 5. The second-order valence-corrected chi connectivity index (χ2v) is 6.64. The van der Waals surface area contributed by atoms with Crippen molar-refractivity contribution >= 4 is 29.0 Å². The summed E-state index contributed by atoms with van der Waals surface area (Å²) < 4.78 is 7.26.